The number of phenolic OH excluding ortho intramolecular Hbond substituents is 1. The van der Waals surface area contributed by atoms with E-state index < -0.39 is 17.6 Å². The number of aromatic hydroxyl groups is 1. The van der Waals surface area contributed by atoms with Gasteiger partial charge in [-0.1, -0.05) is 11.6 Å². The second kappa shape index (κ2) is 5.41. The maximum absolute atomic E-state index is 12.0. The Bertz CT molecular complexity index is 722. The first-order chi connectivity index (χ1) is 9.81. The Kier molecular flexibility index (Phi) is 3.82. The molecule has 0 fully saturated rings. The van der Waals surface area contributed by atoms with Crippen molar-refractivity contribution in [2.45, 2.75) is 6.92 Å². The molecule has 1 aliphatic carbocycles. The zero-order chi connectivity index (χ0) is 15.7. The van der Waals surface area contributed by atoms with E-state index in [1.807, 2.05) is 0 Å². The SMILES string of the molecule is CC1=CC(=O)C(N(C(N)=O)c2ccc(O)cc2Cl)=CC1=O. The molecule has 0 heterocycles. The van der Waals surface area contributed by atoms with Crippen molar-refractivity contribution in [3.63, 3.8) is 0 Å². The molecule has 1 aromatic carbocycles. The summed E-state index contributed by atoms with van der Waals surface area (Å²) >= 11 is 5.95. The van der Waals surface area contributed by atoms with Crippen LogP contribution in [-0.2, 0) is 9.59 Å². The fourth-order valence-electron chi connectivity index (χ4n) is 1.87. The van der Waals surface area contributed by atoms with E-state index in [9.17, 15) is 19.5 Å². The van der Waals surface area contributed by atoms with Crippen LogP contribution in [-0.4, -0.2) is 22.7 Å². The van der Waals surface area contributed by atoms with Crippen molar-refractivity contribution < 1.29 is 19.5 Å². The lowest BCUT2D eigenvalue weighted by Gasteiger charge is -2.24. The maximum Gasteiger partial charge on any atom is 0.324 e. The molecule has 0 bridgehead atoms. The van der Waals surface area contributed by atoms with Gasteiger partial charge in [-0.05, 0) is 25.1 Å². The van der Waals surface area contributed by atoms with Gasteiger partial charge in [-0.3, -0.25) is 14.5 Å². The van der Waals surface area contributed by atoms with Crippen molar-refractivity contribution in [3.05, 3.63) is 46.6 Å². The molecular formula is C14H11ClN2O4. The highest BCUT2D eigenvalue weighted by Gasteiger charge is 2.28. The van der Waals surface area contributed by atoms with Gasteiger partial charge in [-0.15, -0.1) is 0 Å². The van der Waals surface area contributed by atoms with Gasteiger partial charge in [0.25, 0.3) is 0 Å². The molecule has 2 rings (SSSR count). The van der Waals surface area contributed by atoms with Gasteiger partial charge in [0, 0.05) is 17.7 Å². The van der Waals surface area contributed by atoms with E-state index in [0.717, 1.165) is 17.1 Å². The second-order valence-electron chi connectivity index (χ2n) is 4.39. The highest BCUT2D eigenvalue weighted by molar-refractivity contribution is 6.34. The van der Waals surface area contributed by atoms with Crippen molar-refractivity contribution in [2.75, 3.05) is 4.90 Å². The second-order valence-corrected chi connectivity index (χ2v) is 4.80. The molecular weight excluding hydrogens is 296 g/mol. The van der Waals surface area contributed by atoms with Gasteiger partial charge in [0.1, 0.15) is 11.4 Å². The van der Waals surface area contributed by atoms with Crippen molar-refractivity contribution in [2.24, 2.45) is 5.73 Å². The number of carbonyl (C=O) groups is 3. The first-order valence-electron chi connectivity index (χ1n) is 5.88. The number of benzene rings is 1. The number of primary amides is 1. The molecule has 108 valence electrons. The number of allylic oxidation sites excluding steroid dienone is 3. The summed E-state index contributed by atoms with van der Waals surface area (Å²) in [4.78, 5) is 36.2. The van der Waals surface area contributed by atoms with Gasteiger partial charge in [-0.2, -0.15) is 0 Å². The maximum atomic E-state index is 12.0. The van der Waals surface area contributed by atoms with E-state index in [1.165, 1.54) is 25.1 Å². The molecule has 7 heteroatoms. The quantitative estimate of drug-likeness (QED) is 0.815. The molecule has 0 aliphatic heterocycles. The molecule has 0 unspecified atom stereocenters. The van der Waals surface area contributed by atoms with E-state index in [-0.39, 0.29) is 27.7 Å². The minimum atomic E-state index is -0.969. The van der Waals surface area contributed by atoms with Crippen molar-refractivity contribution in [1.82, 2.24) is 0 Å². The van der Waals surface area contributed by atoms with E-state index in [0.29, 0.717) is 0 Å². The van der Waals surface area contributed by atoms with Crippen LogP contribution in [0.2, 0.25) is 5.02 Å². The lowest BCUT2D eigenvalue weighted by Crippen LogP contribution is -2.39. The number of ketones is 2. The third kappa shape index (κ3) is 2.80. The topological polar surface area (TPSA) is 101 Å². The van der Waals surface area contributed by atoms with Crippen LogP contribution in [0.15, 0.2) is 41.6 Å². The predicted octanol–water partition coefficient (Wildman–Crippen LogP) is 1.91. The molecule has 0 saturated heterocycles. The Balaban J connectivity index is 2.55. The molecule has 0 spiro atoms. The predicted molar refractivity (Wildman–Crippen MR) is 77.0 cm³/mol. The molecule has 1 aliphatic rings. The van der Waals surface area contributed by atoms with Crippen LogP contribution < -0.4 is 10.6 Å². The Hall–Kier alpha value is -2.60. The van der Waals surface area contributed by atoms with Crippen LogP contribution in [0.4, 0.5) is 10.5 Å². The number of anilines is 1. The third-order valence-corrected chi connectivity index (χ3v) is 3.19. The number of carbonyl (C=O) groups excluding carboxylic acids is 3. The lowest BCUT2D eigenvalue weighted by molar-refractivity contribution is -0.115. The summed E-state index contributed by atoms with van der Waals surface area (Å²) in [6.45, 7) is 1.50. The molecule has 3 N–H and O–H groups in total. The molecule has 0 saturated carbocycles. The zero-order valence-corrected chi connectivity index (χ0v) is 11.7. The number of amides is 2. The Morgan fingerprint density at radius 1 is 1.24 bits per heavy atom. The van der Waals surface area contributed by atoms with Gasteiger partial charge in [-0.25, -0.2) is 4.79 Å². The standard InChI is InChI=1S/C14H11ClN2O4/c1-7-4-13(20)11(6-12(7)19)17(14(16)21)10-3-2-8(18)5-9(10)15/h2-6,18H,1H3,(H2,16,21). The number of rotatable bonds is 2. The first kappa shape index (κ1) is 14.8. The van der Waals surface area contributed by atoms with Crippen molar-refractivity contribution >= 4 is 34.9 Å². The third-order valence-electron chi connectivity index (χ3n) is 2.89. The van der Waals surface area contributed by atoms with Crippen LogP contribution in [0.3, 0.4) is 0 Å². The van der Waals surface area contributed by atoms with Crippen molar-refractivity contribution in [3.8, 4) is 5.75 Å². The van der Waals surface area contributed by atoms with E-state index >= 15 is 0 Å². The monoisotopic (exact) mass is 306 g/mol. The van der Waals surface area contributed by atoms with Crippen LogP contribution >= 0.6 is 11.6 Å². The largest absolute Gasteiger partial charge is 0.508 e. The average molecular weight is 307 g/mol. The fourth-order valence-corrected chi connectivity index (χ4v) is 2.13. The first-order valence-corrected chi connectivity index (χ1v) is 6.26. The van der Waals surface area contributed by atoms with E-state index in [1.54, 1.807) is 0 Å². The van der Waals surface area contributed by atoms with Gasteiger partial charge in [0.05, 0.1) is 10.7 Å². The van der Waals surface area contributed by atoms with E-state index in [2.05, 4.69) is 0 Å². The Morgan fingerprint density at radius 3 is 2.48 bits per heavy atom. The van der Waals surface area contributed by atoms with Crippen LogP contribution in [0.5, 0.6) is 5.75 Å². The summed E-state index contributed by atoms with van der Waals surface area (Å²) in [6.07, 6.45) is 2.16. The lowest BCUT2D eigenvalue weighted by atomic mass is 10.0. The van der Waals surface area contributed by atoms with Gasteiger partial charge < -0.3 is 10.8 Å². The minimum Gasteiger partial charge on any atom is -0.508 e. The summed E-state index contributed by atoms with van der Waals surface area (Å²) in [6, 6.07) is 2.84. The number of urea groups is 1. The highest BCUT2D eigenvalue weighted by Crippen LogP contribution is 2.32. The summed E-state index contributed by atoms with van der Waals surface area (Å²) in [7, 11) is 0. The number of halogens is 1. The average Bonchev–Trinajstić information content (AvgIpc) is 2.38. The van der Waals surface area contributed by atoms with Crippen LogP contribution in [0, 0.1) is 0 Å². The Morgan fingerprint density at radius 2 is 1.90 bits per heavy atom. The zero-order valence-electron chi connectivity index (χ0n) is 11.0. The number of nitrogens with two attached hydrogens (primary N) is 1. The van der Waals surface area contributed by atoms with Gasteiger partial charge >= 0.3 is 6.03 Å². The number of hydrogen-bond acceptors (Lipinski definition) is 4. The van der Waals surface area contributed by atoms with Crippen LogP contribution in [0.1, 0.15) is 6.92 Å². The van der Waals surface area contributed by atoms with Gasteiger partial charge in [0.2, 0.25) is 5.78 Å². The number of nitrogens with zero attached hydrogens (tertiary/aromatic N) is 1. The number of phenols is 1. The van der Waals surface area contributed by atoms with E-state index in [4.69, 9.17) is 17.3 Å². The summed E-state index contributed by atoms with van der Waals surface area (Å²) in [5, 5.41) is 9.35. The number of hydrogen-bond donors (Lipinski definition) is 2. The molecule has 6 nitrogen and oxygen atoms in total. The fraction of sp³-hybridized carbons (Fsp3) is 0.0714. The van der Waals surface area contributed by atoms with Crippen molar-refractivity contribution in [1.29, 1.82) is 0 Å². The molecule has 0 radical (unpaired) electrons. The molecule has 21 heavy (non-hydrogen) atoms. The summed E-state index contributed by atoms with van der Waals surface area (Å²) < 4.78 is 0. The van der Waals surface area contributed by atoms with Crippen LogP contribution in [0.25, 0.3) is 0 Å². The highest BCUT2D eigenvalue weighted by atomic mass is 35.5. The normalized spacial score (nSPS) is 14.6. The summed E-state index contributed by atoms with van der Waals surface area (Å²) in [5.74, 6) is -1.04. The molecule has 1 aromatic rings. The molecule has 0 atom stereocenters. The minimum absolute atomic E-state index is 0.0150. The Labute approximate surface area is 125 Å². The van der Waals surface area contributed by atoms with Gasteiger partial charge in [0.15, 0.2) is 5.78 Å². The molecule has 0 aromatic heterocycles. The summed E-state index contributed by atoms with van der Waals surface area (Å²) in [5.41, 5.74) is 5.47. The smallest absolute Gasteiger partial charge is 0.324 e. The molecule has 2 amide bonds.